The zero-order valence-electron chi connectivity index (χ0n) is 18.6. The molecule has 0 saturated heterocycles. The Morgan fingerprint density at radius 3 is 1.23 bits per heavy atom. The van der Waals surface area contributed by atoms with E-state index in [2.05, 4.69) is 136 Å². The Morgan fingerprint density at radius 2 is 0.839 bits per heavy atom. The summed E-state index contributed by atoms with van der Waals surface area (Å²) in [4.78, 5) is 7.60. The molecule has 0 heterocycles. The fourth-order valence-corrected chi connectivity index (χ4v) is 10.6. The van der Waals surface area contributed by atoms with Gasteiger partial charge in [-0.3, -0.25) is 0 Å². The van der Waals surface area contributed by atoms with Gasteiger partial charge in [0.1, 0.15) is 0 Å². The Hall–Kier alpha value is -2.52. The summed E-state index contributed by atoms with van der Waals surface area (Å²) in [6.45, 7) is 0.191. The third-order valence-corrected chi connectivity index (χ3v) is 11.6. The van der Waals surface area contributed by atoms with Crippen LogP contribution in [-0.2, 0) is 0 Å². The van der Waals surface area contributed by atoms with E-state index in [0.29, 0.717) is 0 Å². The SMILES string of the molecule is [CH3][Sn]([CH3])([CH3])/[C](=C(/B(c1ccccc1)c1ccccc1)c1ccccc1)c1ccccc1. The molecule has 0 nitrogen and oxygen atoms in total. The fourth-order valence-electron chi connectivity index (χ4n) is 4.49. The van der Waals surface area contributed by atoms with Crippen LogP contribution in [0.3, 0.4) is 0 Å². The van der Waals surface area contributed by atoms with Crippen molar-refractivity contribution in [3.8, 4) is 0 Å². The molecule has 4 rings (SSSR count). The van der Waals surface area contributed by atoms with E-state index >= 15 is 0 Å². The summed E-state index contributed by atoms with van der Waals surface area (Å²) in [5, 5.41) is 0. The van der Waals surface area contributed by atoms with Gasteiger partial charge in [-0.15, -0.1) is 0 Å². The fraction of sp³-hybridized carbons (Fsp3) is 0.103. The van der Waals surface area contributed by atoms with Crippen molar-refractivity contribution in [3.05, 3.63) is 132 Å². The van der Waals surface area contributed by atoms with Gasteiger partial charge in [-0.2, -0.15) is 0 Å². The molecule has 4 aromatic carbocycles. The van der Waals surface area contributed by atoms with Crippen LogP contribution in [0.4, 0.5) is 0 Å². The maximum absolute atomic E-state index is 2.59. The van der Waals surface area contributed by atoms with Gasteiger partial charge >= 0.3 is 192 Å². The molecule has 0 atom stereocenters. The van der Waals surface area contributed by atoms with Gasteiger partial charge < -0.3 is 0 Å². The Balaban J connectivity index is 2.12. The van der Waals surface area contributed by atoms with Gasteiger partial charge in [0.05, 0.1) is 0 Å². The summed E-state index contributed by atoms with van der Waals surface area (Å²) in [7, 11) is 0. The van der Waals surface area contributed by atoms with Gasteiger partial charge in [0.2, 0.25) is 0 Å². The molecular formula is C29H29BSn. The van der Waals surface area contributed by atoms with Crippen molar-refractivity contribution in [3.63, 3.8) is 0 Å². The summed E-state index contributed by atoms with van der Waals surface area (Å²) in [6.07, 6.45) is 0. The minimum absolute atomic E-state index is 0.191. The molecule has 0 fully saturated rings. The zero-order chi connectivity index (χ0) is 21.7. The topological polar surface area (TPSA) is 0 Å². The van der Waals surface area contributed by atoms with Crippen molar-refractivity contribution in [1.82, 2.24) is 0 Å². The molecule has 0 radical (unpaired) electrons. The molecule has 4 aromatic rings. The molecule has 0 aliphatic rings. The average Bonchev–Trinajstić information content (AvgIpc) is 2.80. The second-order valence-electron chi connectivity index (χ2n) is 9.03. The first-order valence-corrected chi connectivity index (χ1v) is 21.0. The number of benzene rings is 4. The van der Waals surface area contributed by atoms with E-state index in [-0.39, 0.29) is 6.71 Å². The van der Waals surface area contributed by atoms with Gasteiger partial charge in [-0.05, 0) is 0 Å². The zero-order valence-corrected chi connectivity index (χ0v) is 21.5. The van der Waals surface area contributed by atoms with E-state index in [1.807, 2.05) is 0 Å². The quantitative estimate of drug-likeness (QED) is 0.212. The van der Waals surface area contributed by atoms with Crippen molar-refractivity contribution < 1.29 is 0 Å². The van der Waals surface area contributed by atoms with Crippen molar-refractivity contribution in [2.24, 2.45) is 0 Å². The van der Waals surface area contributed by atoms with E-state index in [1.165, 1.54) is 27.5 Å². The molecule has 0 amide bonds. The third kappa shape index (κ3) is 5.04. The summed E-state index contributed by atoms with van der Waals surface area (Å²) in [6, 6.07) is 44.1. The molecule has 152 valence electrons. The standard InChI is InChI=1S/C26H20B.3CH3.Sn/c1-5-13-22(14-6-1)21-26(23-15-7-2-8-16-23)27(24-17-9-3-10-18-24)25-19-11-4-12-20-25;;;;/h1-20H;3*1H3;. The summed E-state index contributed by atoms with van der Waals surface area (Å²) >= 11 is -2.59. The van der Waals surface area contributed by atoms with Crippen molar-refractivity contribution in [2.75, 3.05) is 0 Å². The first kappa shape index (κ1) is 21.7. The van der Waals surface area contributed by atoms with Gasteiger partial charge in [0, 0.05) is 0 Å². The van der Waals surface area contributed by atoms with Crippen LogP contribution < -0.4 is 10.9 Å². The van der Waals surface area contributed by atoms with Gasteiger partial charge in [-0.1, -0.05) is 0 Å². The minimum atomic E-state index is -2.59. The molecule has 31 heavy (non-hydrogen) atoms. The van der Waals surface area contributed by atoms with Crippen LogP contribution in [0.25, 0.3) is 9.06 Å². The van der Waals surface area contributed by atoms with E-state index in [9.17, 15) is 0 Å². The molecule has 2 heteroatoms. The Morgan fingerprint density at radius 1 is 0.484 bits per heavy atom. The van der Waals surface area contributed by atoms with E-state index < -0.39 is 18.4 Å². The number of hydrogen-bond donors (Lipinski definition) is 0. The third-order valence-electron chi connectivity index (χ3n) is 5.72. The van der Waals surface area contributed by atoms with E-state index in [1.54, 1.807) is 3.59 Å². The van der Waals surface area contributed by atoms with E-state index in [0.717, 1.165) is 0 Å². The molecule has 0 bridgehead atoms. The first-order chi connectivity index (χ1) is 15.1. The molecule has 0 aliphatic carbocycles. The van der Waals surface area contributed by atoms with Crippen LogP contribution in [0.5, 0.6) is 0 Å². The molecule has 0 aromatic heterocycles. The average molecular weight is 507 g/mol. The van der Waals surface area contributed by atoms with Crippen LogP contribution in [0.1, 0.15) is 11.1 Å². The second-order valence-corrected chi connectivity index (χ2v) is 23.3. The van der Waals surface area contributed by atoms with Gasteiger partial charge in [-0.25, -0.2) is 0 Å². The number of hydrogen-bond acceptors (Lipinski definition) is 0. The summed E-state index contributed by atoms with van der Waals surface area (Å²) < 4.78 is 1.60. The summed E-state index contributed by atoms with van der Waals surface area (Å²) in [5.74, 6) is 0. The Labute approximate surface area is 191 Å². The first-order valence-electron chi connectivity index (χ1n) is 11.0. The Bertz CT molecular complexity index is 1090. The van der Waals surface area contributed by atoms with Gasteiger partial charge in [0.15, 0.2) is 0 Å². The Kier molecular flexibility index (Phi) is 6.82. The van der Waals surface area contributed by atoms with Crippen molar-refractivity contribution >= 4 is 45.1 Å². The molecule has 0 aliphatic heterocycles. The monoisotopic (exact) mass is 508 g/mol. The predicted molar refractivity (Wildman–Crippen MR) is 141 cm³/mol. The maximum atomic E-state index is 2.53. The van der Waals surface area contributed by atoms with Crippen LogP contribution in [0, 0.1) is 0 Å². The molecule has 0 unspecified atom stereocenters. The van der Waals surface area contributed by atoms with Gasteiger partial charge in [0.25, 0.3) is 0 Å². The van der Waals surface area contributed by atoms with Crippen LogP contribution in [-0.4, -0.2) is 25.1 Å². The molecule has 0 saturated carbocycles. The van der Waals surface area contributed by atoms with Crippen molar-refractivity contribution in [2.45, 2.75) is 14.8 Å². The van der Waals surface area contributed by atoms with Crippen LogP contribution in [0.15, 0.2) is 121 Å². The second kappa shape index (κ2) is 9.74. The van der Waals surface area contributed by atoms with Crippen LogP contribution in [0.2, 0.25) is 14.8 Å². The number of rotatable bonds is 6. The van der Waals surface area contributed by atoms with Crippen LogP contribution >= 0.6 is 0 Å². The molecule has 0 spiro atoms. The predicted octanol–water partition coefficient (Wildman–Crippen LogP) is 6.32. The van der Waals surface area contributed by atoms with Crippen molar-refractivity contribution in [1.29, 1.82) is 0 Å². The normalized spacial score (nSPS) is 12.2. The molecule has 0 N–H and O–H groups in total. The molecular weight excluding hydrogens is 478 g/mol. The van der Waals surface area contributed by atoms with E-state index in [4.69, 9.17) is 0 Å². The summed E-state index contributed by atoms with van der Waals surface area (Å²) in [5.41, 5.74) is 6.85.